The normalized spacial score (nSPS) is 26.1. The number of anilines is 2. The monoisotopic (exact) mass is 317 g/mol. The van der Waals surface area contributed by atoms with Crippen molar-refractivity contribution in [1.29, 1.82) is 0 Å². The van der Waals surface area contributed by atoms with Crippen molar-refractivity contribution in [2.75, 3.05) is 50.0 Å². The summed E-state index contributed by atoms with van der Waals surface area (Å²) in [4.78, 5) is 21.5. The number of amides is 1. The molecular weight excluding hydrogens is 290 g/mol. The Kier molecular flexibility index (Phi) is 5.13. The van der Waals surface area contributed by atoms with E-state index in [1.54, 1.807) is 6.20 Å². The van der Waals surface area contributed by atoms with E-state index in [-0.39, 0.29) is 11.8 Å². The molecule has 2 N–H and O–H groups in total. The molecule has 6 heteroatoms. The van der Waals surface area contributed by atoms with Crippen LogP contribution in [-0.4, -0.2) is 61.6 Å². The highest BCUT2D eigenvalue weighted by molar-refractivity contribution is 5.92. The van der Waals surface area contributed by atoms with Gasteiger partial charge in [-0.1, -0.05) is 0 Å². The van der Waals surface area contributed by atoms with Gasteiger partial charge >= 0.3 is 0 Å². The maximum absolute atomic E-state index is 12.4. The average molecular weight is 317 g/mol. The van der Waals surface area contributed by atoms with Gasteiger partial charge in [0.2, 0.25) is 5.91 Å². The van der Waals surface area contributed by atoms with E-state index in [2.05, 4.69) is 39.4 Å². The molecule has 0 radical (unpaired) electrons. The maximum Gasteiger partial charge on any atom is 0.227 e. The van der Waals surface area contributed by atoms with Crippen molar-refractivity contribution in [1.82, 2.24) is 15.2 Å². The fourth-order valence-electron chi connectivity index (χ4n) is 3.30. The third-order valence-electron chi connectivity index (χ3n) is 4.84. The Bertz CT molecular complexity index is 524. The Morgan fingerprint density at radius 3 is 2.74 bits per heavy atom. The summed E-state index contributed by atoms with van der Waals surface area (Å²) in [6.45, 7) is 7.18. The summed E-state index contributed by atoms with van der Waals surface area (Å²) in [5.41, 5.74) is 0.791. The van der Waals surface area contributed by atoms with Crippen LogP contribution in [0.3, 0.4) is 0 Å². The molecule has 3 heterocycles. The van der Waals surface area contributed by atoms with Crippen LogP contribution in [0, 0.1) is 5.92 Å². The molecule has 2 aliphatic heterocycles. The van der Waals surface area contributed by atoms with Crippen LogP contribution in [0.4, 0.5) is 11.5 Å². The standard InChI is InChI=1S/C17H27N5O/c1-13-11-14(5-6-18-13)17(23)20-15-3-4-16(19-12-15)22-9-7-21(2)8-10-22/h3-4,12-14,18H,5-11H2,1-2H3,(H,20,23)/t13-,14-/m0/s1. The predicted molar refractivity (Wildman–Crippen MR) is 92.8 cm³/mol. The first-order valence-corrected chi connectivity index (χ1v) is 8.55. The van der Waals surface area contributed by atoms with Crippen molar-refractivity contribution < 1.29 is 4.79 Å². The average Bonchev–Trinajstić information content (AvgIpc) is 2.56. The van der Waals surface area contributed by atoms with Gasteiger partial charge in [-0.25, -0.2) is 4.98 Å². The van der Waals surface area contributed by atoms with E-state index in [0.717, 1.165) is 57.1 Å². The number of likely N-dealkylation sites (N-methyl/N-ethyl adjacent to an activating group) is 1. The Labute approximate surface area is 138 Å². The van der Waals surface area contributed by atoms with E-state index < -0.39 is 0 Å². The van der Waals surface area contributed by atoms with Gasteiger partial charge in [0, 0.05) is 38.1 Å². The number of carbonyl (C=O) groups is 1. The number of hydrogen-bond donors (Lipinski definition) is 2. The van der Waals surface area contributed by atoms with Crippen molar-refractivity contribution in [3.63, 3.8) is 0 Å². The molecule has 0 aromatic carbocycles. The lowest BCUT2D eigenvalue weighted by Crippen LogP contribution is -2.44. The first-order valence-electron chi connectivity index (χ1n) is 8.55. The summed E-state index contributed by atoms with van der Waals surface area (Å²) in [5.74, 6) is 1.21. The predicted octanol–water partition coefficient (Wildman–Crippen LogP) is 1.16. The second-order valence-electron chi connectivity index (χ2n) is 6.76. The number of nitrogens with zero attached hydrogens (tertiary/aromatic N) is 3. The molecule has 6 nitrogen and oxygen atoms in total. The lowest BCUT2D eigenvalue weighted by molar-refractivity contribution is -0.120. The molecule has 2 saturated heterocycles. The number of pyridine rings is 1. The quantitative estimate of drug-likeness (QED) is 0.876. The van der Waals surface area contributed by atoms with Gasteiger partial charge in [-0.05, 0) is 45.5 Å². The first-order chi connectivity index (χ1) is 11.1. The number of aromatic nitrogens is 1. The second-order valence-corrected chi connectivity index (χ2v) is 6.76. The molecule has 0 spiro atoms. The minimum absolute atomic E-state index is 0.101. The molecule has 3 rings (SSSR count). The van der Waals surface area contributed by atoms with E-state index in [9.17, 15) is 4.79 Å². The maximum atomic E-state index is 12.4. The number of carbonyl (C=O) groups excluding carboxylic acids is 1. The molecule has 1 aromatic rings. The lowest BCUT2D eigenvalue weighted by atomic mass is 9.92. The summed E-state index contributed by atoms with van der Waals surface area (Å²) in [7, 11) is 2.14. The van der Waals surface area contributed by atoms with E-state index in [1.807, 2.05) is 12.1 Å². The number of nitrogens with one attached hydrogen (secondary N) is 2. The van der Waals surface area contributed by atoms with Crippen molar-refractivity contribution in [3.05, 3.63) is 18.3 Å². The van der Waals surface area contributed by atoms with Gasteiger partial charge in [0.25, 0.3) is 0 Å². The van der Waals surface area contributed by atoms with Crippen LogP contribution in [0.5, 0.6) is 0 Å². The van der Waals surface area contributed by atoms with Crippen molar-refractivity contribution in [3.8, 4) is 0 Å². The molecule has 1 aromatic heterocycles. The van der Waals surface area contributed by atoms with E-state index in [4.69, 9.17) is 0 Å². The van der Waals surface area contributed by atoms with E-state index >= 15 is 0 Å². The topological polar surface area (TPSA) is 60.5 Å². The third-order valence-corrected chi connectivity index (χ3v) is 4.84. The number of piperazine rings is 1. The fraction of sp³-hybridized carbons (Fsp3) is 0.647. The van der Waals surface area contributed by atoms with Gasteiger partial charge in [-0.3, -0.25) is 4.79 Å². The number of rotatable bonds is 3. The van der Waals surface area contributed by atoms with Crippen molar-refractivity contribution >= 4 is 17.4 Å². The van der Waals surface area contributed by atoms with Crippen LogP contribution in [0.15, 0.2) is 18.3 Å². The molecular formula is C17H27N5O. The zero-order valence-corrected chi connectivity index (χ0v) is 14.1. The number of hydrogen-bond acceptors (Lipinski definition) is 5. The lowest BCUT2D eigenvalue weighted by Gasteiger charge is -2.33. The van der Waals surface area contributed by atoms with Crippen LogP contribution in [-0.2, 0) is 4.79 Å². The van der Waals surface area contributed by atoms with E-state index in [0.29, 0.717) is 6.04 Å². The summed E-state index contributed by atoms with van der Waals surface area (Å²) >= 11 is 0. The summed E-state index contributed by atoms with van der Waals surface area (Å²) in [6.07, 6.45) is 3.58. The molecule has 23 heavy (non-hydrogen) atoms. The molecule has 2 atom stereocenters. The molecule has 0 unspecified atom stereocenters. The van der Waals surface area contributed by atoms with Gasteiger partial charge in [0.05, 0.1) is 11.9 Å². The summed E-state index contributed by atoms with van der Waals surface area (Å²) in [5, 5.41) is 6.39. The minimum atomic E-state index is 0.101. The van der Waals surface area contributed by atoms with Crippen LogP contribution in [0.25, 0.3) is 0 Å². The molecule has 0 aliphatic carbocycles. The Morgan fingerprint density at radius 1 is 1.30 bits per heavy atom. The SMILES string of the molecule is C[C@H]1C[C@@H](C(=O)Nc2ccc(N3CCN(C)CC3)nc2)CCN1. The van der Waals surface area contributed by atoms with Crippen LogP contribution >= 0.6 is 0 Å². The van der Waals surface area contributed by atoms with Gasteiger partial charge < -0.3 is 20.4 Å². The van der Waals surface area contributed by atoms with E-state index in [1.165, 1.54) is 0 Å². The molecule has 0 bridgehead atoms. The van der Waals surface area contributed by atoms with Gasteiger partial charge in [0.15, 0.2) is 0 Å². The van der Waals surface area contributed by atoms with Gasteiger partial charge in [-0.15, -0.1) is 0 Å². The molecule has 1 amide bonds. The van der Waals surface area contributed by atoms with Crippen LogP contribution < -0.4 is 15.5 Å². The summed E-state index contributed by atoms with van der Waals surface area (Å²) in [6, 6.07) is 4.38. The van der Waals surface area contributed by atoms with Crippen molar-refractivity contribution in [2.45, 2.75) is 25.8 Å². The van der Waals surface area contributed by atoms with Crippen LogP contribution in [0.2, 0.25) is 0 Å². The highest BCUT2D eigenvalue weighted by atomic mass is 16.1. The van der Waals surface area contributed by atoms with Crippen molar-refractivity contribution in [2.24, 2.45) is 5.92 Å². The smallest absolute Gasteiger partial charge is 0.227 e. The third kappa shape index (κ3) is 4.20. The fourth-order valence-corrected chi connectivity index (χ4v) is 3.30. The zero-order valence-electron chi connectivity index (χ0n) is 14.1. The second kappa shape index (κ2) is 7.27. The zero-order chi connectivity index (χ0) is 16.2. The summed E-state index contributed by atoms with van der Waals surface area (Å²) < 4.78 is 0. The number of piperidine rings is 1. The molecule has 126 valence electrons. The van der Waals surface area contributed by atoms with Crippen LogP contribution in [0.1, 0.15) is 19.8 Å². The Balaban J connectivity index is 1.56. The first kappa shape index (κ1) is 16.2. The molecule has 2 aliphatic rings. The highest BCUT2D eigenvalue weighted by Gasteiger charge is 2.24. The molecule has 0 saturated carbocycles. The van der Waals surface area contributed by atoms with Gasteiger partial charge in [0.1, 0.15) is 5.82 Å². The Hall–Kier alpha value is -1.66. The molecule has 2 fully saturated rings. The Morgan fingerprint density at radius 2 is 2.09 bits per heavy atom. The largest absolute Gasteiger partial charge is 0.354 e. The highest BCUT2D eigenvalue weighted by Crippen LogP contribution is 2.20. The minimum Gasteiger partial charge on any atom is -0.354 e. The van der Waals surface area contributed by atoms with Gasteiger partial charge in [-0.2, -0.15) is 0 Å².